The molecule has 1 aliphatic carbocycles. The number of hydrogen-bond donors (Lipinski definition) is 1. The highest BCUT2D eigenvalue weighted by Gasteiger charge is 2.33. The van der Waals surface area contributed by atoms with E-state index in [1.165, 1.54) is 6.20 Å². The minimum absolute atomic E-state index is 0.0342. The van der Waals surface area contributed by atoms with Gasteiger partial charge in [-0.05, 0) is 41.3 Å². The monoisotopic (exact) mass is 307 g/mol. The van der Waals surface area contributed by atoms with Gasteiger partial charge in [0.1, 0.15) is 5.82 Å². The zero-order valence-corrected chi connectivity index (χ0v) is 12.3. The summed E-state index contributed by atoms with van der Waals surface area (Å²) in [4.78, 5) is 18.5. The van der Waals surface area contributed by atoms with Crippen LogP contribution in [0.3, 0.4) is 0 Å². The molecule has 0 aromatic carbocycles. The van der Waals surface area contributed by atoms with Gasteiger partial charge in [-0.15, -0.1) is 0 Å². The lowest BCUT2D eigenvalue weighted by Crippen LogP contribution is -2.32. The molecule has 104 valence electrons. The summed E-state index contributed by atoms with van der Waals surface area (Å²) in [6.45, 7) is 0.634. The van der Waals surface area contributed by atoms with Crippen LogP contribution in [0.15, 0.2) is 29.1 Å². The highest BCUT2D eigenvalue weighted by atomic mass is 35.5. The second-order valence-electron chi connectivity index (χ2n) is 4.89. The van der Waals surface area contributed by atoms with Crippen molar-refractivity contribution in [2.75, 3.05) is 5.73 Å². The Bertz CT molecular complexity index is 625. The third-order valence-corrected chi connectivity index (χ3v) is 4.33. The van der Waals surface area contributed by atoms with Crippen LogP contribution in [-0.4, -0.2) is 21.8 Å². The first kappa shape index (κ1) is 13.4. The Morgan fingerprint density at radius 2 is 2.35 bits per heavy atom. The smallest absolute Gasteiger partial charge is 0.256 e. The Labute approximate surface area is 126 Å². The van der Waals surface area contributed by atoms with E-state index in [1.807, 2.05) is 16.3 Å². The summed E-state index contributed by atoms with van der Waals surface area (Å²) in [6, 6.07) is 3.97. The molecule has 2 aromatic rings. The Morgan fingerprint density at radius 3 is 2.95 bits per heavy atom. The molecule has 0 atom stereocenters. The average Bonchev–Trinajstić information content (AvgIpc) is 3.15. The number of rotatable bonds is 4. The topological polar surface area (TPSA) is 59.2 Å². The van der Waals surface area contributed by atoms with Crippen LogP contribution in [-0.2, 0) is 6.54 Å². The van der Waals surface area contributed by atoms with Crippen LogP contribution in [0.4, 0.5) is 5.82 Å². The number of nitrogens with zero attached hydrogens (tertiary/aromatic N) is 2. The predicted octanol–water partition coefficient (Wildman–Crippen LogP) is 3.18. The number of thiophene rings is 1. The molecular formula is C14H14ClN3OS. The van der Waals surface area contributed by atoms with E-state index in [0.29, 0.717) is 23.2 Å². The van der Waals surface area contributed by atoms with Crippen molar-refractivity contribution in [3.05, 3.63) is 45.2 Å². The molecule has 1 saturated carbocycles. The van der Waals surface area contributed by atoms with Gasteiger partial charge in [-0.3, -0.25) is 4.79 Å². The first-order valence-corrected chi connectivity index (χ1v) is 7.70. The molecule has 2 N–H and O–H groups in total. The van der Waals surface area contributed by atoms with Crippen molar-refractivity contribution in [1.29, 1.82) is 0 Å². The molecule has 1 amide bonds. The van der Waals surface area contributed by atoms with Gasteiger partial charge in [0.05, 0.1) is 10.6 Å². The summed E-state index contributed by atoms with van der Waals surface area (Å²) in [5, 5.41) is 4.41. The van der Waals surface area contributed by atoms with Crippen molar-refractivity contribution >= 4 is 34.7 Å². The molecule has 1 fully saturated rings. The Kier molecular flexibility index (Phi) is 3.63. The van der Waals surface area contributed by atoms with Crippen LogP contribution >= 0.6 is 22.9 Å². The predicted molar refractivity (Wildman–Crippen MR) is 80.9 cm³/mol. The highest BCUT2D eigenvalue weighted by molar-refractivity contribution is 7.07. The van der Waals surface area contributed by atoms with Gasteiger partial charge in [-0.2, -0.15) is 11.3 Å². The van der Waals surface area contributed by atoms with Gasteiger partial charge < -0.3 is 10.6 Å². The molecule has 6 heteroatoms. The molecule has 3 rings (SSSR count). The quantitative estimate of drug-likeness (QED) is 0.943. The lowest BCUT2D eigenvalue weighted by Gasteiger charge is -2.22. The number of amides is 1. The first-order valence-electron chi connectivity index (χ1n) is 6.38. The van der Waals surface area contributed by atoms with Crippen LogP contribution in [0.2, 0.25) is 5.02 Å². The summed E-state index contributed by atoms with van der Waals surface area (Å²) >= 11 is 7.58. The van der Waals surface area contributed by atoms with E-state index in [-0.39, 0.29) is 11.7 Å². The fourth-order valence-corrected chi connectivity index (χ4v) is 2.89. The van der Waals surface area contributed by atoms with Crippen LogP contribution in [0.1, 0.15) is 28.8 Å². The van der Waals surface area contributed by atoms with Gasteiger partial charge >= 0.3 is 0 Å². The molecule has 2 heterocycles. The number of nitrogen functional groups attached to an aromatic ring is 1. The van der Waals surface area contributed by atoms with Gasteiger partial charge in [-0.1, -0.05) is 11.6 Å². The minimum Gasteiger partial charge on any atom is -0.382 e. The van der Waals surface area contributed by atoms with Gasteiger partial charge in [0, 0.05) is 18.8 Å². The van der Waals surface area contributed by atoms with Crippen LogP contribution < -0.4 is 5.73 Å². The Hall–Kier alpha value is -1.59. The number of aromatic nitrogens is 1. The molecule has 0 aliphatic heterocycles. The lowest BCUT2D eigenvalue weighted by atomic mass is 10.2. The van der Waals surface area contributed by atoms with Crippen molar-refractivity contribution in [2.24, 2.45) is 0 Å². The number of hydrogen-bond acceptors (Lipinski definition) is 4. The number of nitrogens with two attached hydrogens (primary N) is 1. The molecule has 0 radical (unpaired) electrons. The van der Waals surface area contributed by atoms with Crippen molar-refractivity contribution in [1.82, 2.24) is 9.88 Å². The van der Waals surface area contributed by atoms with Crippen molar-refractivity contribution < 1.29 is 4.79 Å². The first-order chi connectivity index (χ1) is 9.65. The lowest BCUT2D eigenvalue weighted by molar-refractivity contribution is 0.0729. The number of anilines is 1. The molecular weight excluding hydrogens is 294 g/mol. The largest absolute Gasteiger partial charge is 0.382 e. The molecule has 4 nitrogen and oxygen atoms in total. The van der Waals surface area contributed by atoms with Crippen molar-refractivity contribution in [3.8, 4) is 0 Å². The maximum absolute atomic E-state index is 12.6. The van der Waals surface area contributed by atoms with Crippen molar-refractivity contribution in [3.63, 3.8) is 0 Å². The molecule has 2 aromatic heterocycles. The van der Waals surface area contributed by atoms with E-state index in [0.717, 1.165) is 18.4 Å². The molecule has 0 bridgehead atoms. The van der Waals surface area contributed by atoms with E-state index >= 15 is 0 Å². The van der Waals surface area contributed by atoms with Crippen LogP contribution in [0.25, 0.3) is 0 Å². The summed E-state index contributed by atoms with van der Waals surface area (Å²) < 4.78 is 0. The third-order valence-electron chi connectivity index (χ3n) is 3.30. The zero-order chi connectivity index (χ0) is 14.1. The van der Waals surface area contributed by atoms with E-state index in [9.17, 15) is 4.79 Å². The standard InChI is InChI=1S/C14H14ClN3OS/c15-12-5-10(6-17-13(12)16)14(19)18(11-1-2-11)7-9-3-4-20-8-9/h3-6,8,11H,1-2,7H2,(H2,16,17). The second-order valence-corrected chi connectivity index (χ2v) is 6.07. The molecule has 0 spiro atoms. The van der Waals surface area contributed by atoms with Gasteiger partial charge in [0.25, 0.3) is 5.91 Å². The molecule has 0 saturated heterocycles. The minimum atomic E-state index is -0.0342. The van der Waals surface area contributed by atoms with E-state index in [4.69, 9.17) is 17.3 Å². The van der Waals surface area contributed by atoms with Crippen molar-refractivity contribution in [2.45, 2.75) is 25.4 Å². The number of carbonyl (C=O) groups is 1. The average molecular weight is 308 g/mol. The van der Waals surface area contributed by atoms with E-state index < -0.39 is 0 Å². The molecule has 20 heavy (non-hydrogen) atoms. The Balaban J connectivity index is 1.83. The van der Waals surface area contributed by atoms with Gasteiger partial charge in [-0.25, -0.2) is 4.98 Å². The molecule has 1 aliphatic rings. The maximum atomic E-state index is 12.6. The van der Waals surface area contributed by atoms with E-state index in [1.54, 1.807) is 17.4 Å². The van der Waals surface area contributed by atoms with Crippen LogP contribution in [0, 0.1) is 0 Å². The second kappa shape index (κ2) is 5.42. The SMILES string of the molecule is Nc1ncc(C(=O)N(Cc2ccsc2)C2CC2)cc1Cl. The summed E-state index contributed by atoms with van der Waals surface area (Å²) in [5.74, 6) is 0.215. The number of halogens is 1. The zero-order valence-electron chi connectivity index (χ0n) is 10.8. The highest BCUT2D eigenvalue weighted by Crippen LogP contribution is 2.30. The van der Waals surface area contributed by atoms with E-state index in [2.05, 4.69) is 10.4 Å². The van der Waals surface area contributed by atoms with Gasteiger partial charge in [0.2, 0.25) is 0 Å². The van der Waals surface area contributed by atoms with Gasteiger partial charge in [0.15, 0.2) is 0 Å². The number of carbonyl (C=O) groups excluding carboxylic acids is 1. The number of pyridine rings is 1. The fourth-order valence-electron chi connectivity index (χ4n) is 2.06. The molecule has 0 unspecified atom stereocenters. The summed E-state index contributed by atoms with van der Waals surface area (Å²) in [6.07, 6.45) is 3.62. The fraction of sp³-hybridized carbons (Fsp3) is 0.286. The summed E-state index contributed by atoms with van der Waals surface area (Å²) in [7, 11) is 0. The third kappa shape index (κ3) is 2.78. The summed E-state index contributed by atoms with van der Waals surface area (Å²) in [5.41, 5.74) is 7.23. The normalized spacial score (nSPS) is 14.2. The Morgan fingerprint density at radius 1 is 1.55 bits per heavy atom. The van der Waals surface area contributed by atoms with Crippen LogP contribution in [0.5, 0.6) is 0 Å². The maximum Gasteiger partial charge on any atom is 0.256 e.